The maximum Gasteiger partial charge on any atom is 0.416 e. The molecule has 0 saturated carbocycles. The van der Waals surface area contributed by atoms with E-state index in [1.165, 1.54) is 29.0 Å². The quantitative estimate of drug-likeness (QED) is 0.619. The molecule has 3 rings (SSSR count). The van der Waals surface area contributed by atoms with Gasteiger partial charge in [-0.25, -0.2) is 4.98 Å². The summed E-state index contributed by atoms with van der Waals surface area (Å²) in [6.45, 7) is 2.06. The summed E-state index contributed by atoms with van der Waals surface area (Å²) in [4.78, 5) is 16.5. The van der Waals surface area contributed by atoms with Gasteiger partial charge in [0.15, 0.2) is 0 Å². The van der Waals surface area contributed by atoms with Crippen molar-refractivity contribution < 1.29 is 18.0 Å². The number of halogens is 3. The second kappa shape index (κ2) is 7.92. The topological polar surface area (TPSA) is 42.0 Å². The van der Waals surface area contributed by atoms with E-state index in [-0.39, 0.29) is 12.3 Å². The fourth-order valence-corrected chi connectivity index (χ4v) is 3.34. The molecule has 0 radical (unpaired) electrons. The number of carbonyl (C=O) groups excluding carboxylic acids is 1. The van der Waals surface area contributed by atoms with Crippen molar-refractivity contribution in [3.8, 4) is 10.6 Å². The lowest BCUT2D eigenvalue weighted by atomic mass is 10.1. The second-order valence-electron chi connectivity index (χ2n) is 5.99. The number of nitrogens with one attached hydrogen (secondary N) is 1. The molecule has 3 nitrogen and oxygen atoms in total. The van der Waals surface area contributed by atoms with E-state index in [4.69, 9.17) is 0 Å². The predicted octanol–water partition coefficient (Wildman–Crippen LogP) is 5.57. The van der Waals surface area contributed by atoms with Crippen molar-refractivity contribution in [1.82, 2.24) is 4.98 Å². The van der Waals surface area contributed by atoms with Crippen molar-refractivity contribution in [1.29, 1.82) is 0 Å². The molecule has 1 heterocycles. The standard InChI is InChI=1S/C20H17F3N2OS/c1-2-13-3-9-16(10-4-13)24-18(26)11-17-12-27-19(25-17)14-5-7-15(8-6-14)20(21,22)23/h3-10,12H,2,11H2,1H3,(H,24,26). The van der Waals surface area contributed by atoms with E-state index >= 15 is 0 Å². The first-order valence-electron chi connectivity index (χ1n) is 8.36. The van der Waals surface area contributed by atoms with Gasteiger partial charge in [-0.2, -0.15) is 13.2 Å². The van der Waals surface area contributed by atoms with Crippen LogP contribution in [0.15, 0.2) is 53.9 Å². The molecule has 1 N–H and O–H groups in total. The Bertz CT molecular complexity index is 916. The lowest BCUT2D eigenvalue weighted by molar-refractivity contribution is -0.137. The Morgan fingerprint density at radius 3 is 2.33 bits per heavy atom. The third-order valence-electron chi connectivity index (χ3n) is 4.00. The maximum absolute atomic E-state index is 12.6. The third kappa shape index (κ3) is 4.95. The Labute approximate surface area is 158 Å². The van der Waals surface area contributed by atoms with Gasteiger partial charge < -0.3 is 5.32 Å². The molecule has 0 atom stereocenters. The fraction of sp³-hybridized carbons (Fsp3) is 0.200. The Balaban J connectivity index is 1.64. The highest BCUT2D eigenvalue weighted by Crippen LogP contribution is 2.31. The van der Waals surface area contributed by atoms with Crippen molar-refractivity contribution in [3.63, 3.8) is 0 Å². The molecule has 27 heavy (non-hydrogen) atoms. The van der Waals surface area contributed by atoms with Gasteiger partial charge in [-0.1, -0.05) is 31.2 Å². The molecule has 0 aliphatic heterocycles. The number of benzene rings is 2. The zero-order valence-corrected chi connectivity index (χ0v) is 15.3. The molecule has 7 heteroatoms. The van der Waals surface area contributed by atoms with Gasteiger partial charge in [0.25, 0.3) is 0 Å². The first-order chi connectivity index (χ1) is 12.8. The average Bonchev–Trinajstić information content (AvgIpc) is 3.10. The number of anilines is 1. The Morgan fingerprint density at radius 2 is 1.74 bits per heavy atom. The van der Waals surface area contributed by atoms with Crippen LogP contribution in [0.4, 0.5) is 18.9 Å². The molecule has 3 aromatic rings. The molecule has 0 fully saturated rings. The van der Waals surface area contributed by atoms with E-state index in [1.807, 2.05) is 24.3 Å². The second-order valence-corrected chi connectivity index (χ2v) is 6.85. The number of hydrogen-bond donors (Lipinski definition) is 1. The first-order valence-corrected chi connectivity index (χ1v) is 9.24. The lowest BCUT2D eigenvalue weighted by Crippen LogP contribution is -2.14. The van der Waals surface area contributed by atoms with E-state index in [0.717, 1.165) is 24.2 Å². The third-order valence-corrected chi connectivity index (χ3v) is 4.94. The number of thiazole rings is 1. The van der Waals surface area contributed by atoms with Gasteiger partial charge in [-0.15, -0.1) is 11.3 Å². The molecule has 1 aromatic heterocycles. The van der Waals surface area contributed by atoms with E-state index in [0.29, 0.717) is 16.3 Å². The Morgan fingerprint density at radius 1 is 1.07 bits per heavy atom. The SMILES string of the molecule is CCc1ccc(NC(=O)Cc2csc(-c3ccc(C(F)(F)F)cc3)n2)cc1. The molecule has 2 aromatic carbocycles. The molecular formula is C20H17F3N2OS. The van der Waals surface area contributed by atoms with Gasteiger partial charge in [0.1, 0.15) is 5.01 Å². The monoisotopic (exact) mass is 390 g/mol. The number of rotatable bonds is 5. The summed E-state index contributed by atoms with van der Waals surface area (Å²) in [5.74, 6) is -0.191. The predicted molar refractivity (Wildman–Crippen MR) is 101 cm³/mol. The van der Waals surface area contributed by atoms with Crippen LogP contribution >= 0.6 is 11.3 Å². The van der Waals surface area contributed by atoms with E-state index in [9.17, 15) is 18.0 Å². The summed E-state index contributed by atoms with van der Waals surface area (Å²) in [6.07, 6.45) is -3.33. The summed E-state index contributed by atoms with van der Waals surface area (Å²) in [5.41, 5.74) is 2.38. The van der Waals surface area contributed by atoms with Gasteiger partial charge in [0.05, 0.1) is 17.7 Å². The number of amides is 1. The van der Waals surface area contributed by atoms with Crippen LogP contribution in [0.2, 0.25) is 0 Å². The van der Waals surface area contributed by atoms with Crippen LogP contribution in [0.25, 0.3) is 10.6 Å². The summed E-state index contributed by atoms with van der Waals surface area (Å²) < 4.78 is 37.9. The number of hydrogen-bond acceptors (Lipinski definition) is 3. The summed E-state index contributed by atoms with van der Waals surface area (Å²) in [5, 5.41) is 5.14. The minimum absolute atomic E-state index is 0.104. The molecule has 140 valence electrons. The summed E-state index contributed by atoms with van der Waals surface area (Å²) in [6, 6.07) is 12.5. The minimum Gasteiger partial charge on any atom is -0.326 e. The van der Waals surface area contributed by atoms with Gasteiger partial charge in [-0.3, -0.25) is 4.79 Å². The van der Waals surface area contributed by atoms with Crippen molar-refractivity contribution in [2.24, 2.45) is 0 Å². The number of nitrogens with zero attached hydrogens (tertiary/aromatic N) is 1. The zero-order valence-electron chi connectivity index (χ0n) is 14.5. The molecule has 0 spiro atoms. The number of aryl methyl sites for hydroxylation is 1. The van der Waals surface area contributed by atoms with E-state index < -0.39 is 11.7 Å². The highest BCUT2D eigenvalue weighted by atomic mass is 32.1. The summed E-state index contributed by atoms with van der Waals surface area (Å²) >= 11 is 1.30. The van der Waals surface area contributed by atoms with Crippen LogP contribution in [-0.4, -0.2) is 10.9 Å². The van der Waals surface area contributed by atoms with E-state index in [1.54, 1.807) is 5.38 Å². The number of alkyl halides is 3. The lowest BCUT2D eigenvalue weighted by Gasteiger charge is -2.06. The van der Waals surface area contributed by atoms with Crippen molar-refractivity contribution in [3.05, 3.63) is 70.7 Å². The minimum atomic E-state index is -4.36. The zero-order chi connectivity index (χ0) is 19.4. The van der Waals surface area contributed by atoms with Crippen LogP contribution < -0.4 is 5.32 Å². The van der Waals surface area contributed by atoms with Crippen LogP contribution in [0.1, 0.15) is 23.7 Å². The average molecular weight is 390 g/mol. The Kier molecular flexibility index (Phi) is 5.60. The highest BCUT2D eigenvalue weighted by Gasteiger charge is 2.30. The van der Waals surface area contributed by atoms with E-state index in [2.05, 4.69) is 17.2 Å². The van der Waals surface area contributed by atoms with Crippen LogP contribution in [0.5, 0.6) is 0 Å². The van der Waals surface area contributed by atoms with Gasteiger partial charge in [0.2, 0.25) is 5.91 Å². The first kappa shape index (κ1) is 19.1. The largest absolute Gasteiger partial charge is 0.416 e. The molecular weight excluding hydrogens is 373 g/mol. The maximum atomic E-state index is 12.6. The molecule has 0 saturated heterocycles. The normalized spacial score (nSPS) is 11.4. The molecule has 0 bridgehead atoms. The molecule has 0 aliphatic carbocycles. The van der Waals surface area contributed by atoms with Crippen LogP contribution in [0.3, 0.4) is 0 Å². The van der Waals surface area contributed by atoms with Crippen LogP contribution in [0, 0.1) is 0 Å². The molecule has 0 aliphatic rings. The van der Waals surface area contributed by atoms with Crippen molar-refractivity contribution >= 4 is 22.9 Å². The highest BCUT2D eigenvalue weighted by molar-refractivity contribution is 7.13. The number of carbonyl (C=O) groups is 1. The van der Waals surface area contributed by atoms with Crippen LogP contribution in [-0.2, 0) is 23.8 Å². The fourth-order valence-electron chi connectivity index (χ4n) is 2.52. The molecule has 1 amide bonds. The number of aromatic nitrogens is 1. The van der Waals surface area contributed by atoms with Gasteiger partial charge >= 0.3 is 6.18 Å². The van der Waals surface area contributed by atoms with Gasteiger partial charge in [-0.05, 0) is 36.2 Å². The smallest absolute Gasteiger partial charge is 0.326 e. The van der Waals surface area contributed by atoms with Gasteiger partial charge in [0, 0.05) is 16.6 Å². The molecule has 0 unspecified atom stereocenters. The van der Waals surface area contributed by atoms with Crippen molar-refractivity contribution in [2.75, 3.05) is 5.32 Å². The van der Waals surface area contributed by atoms with Crippen molar-refractivity contribution in [2.45, 2.75) is 25.9 Å². The Hall–Kier alpha value is -2.67. The summed E-state index contributed by atoms with van der Waals surface area (Å²) in [7, 11) is 0.